The molecule has 1 atom stereocenters. The molecular formula is C49H59Cl2FN2O3. The van der Waals surface area contributed by atoms with Crippen molar-refractivity contribution in [2.75, 3.05) is 20.8 Å². The second-order valence-electron chi connectivity index (χ2n) is 15.6. The molecule has 1 aliphatic rings. The maximum atomic E-state index is 13.4. The van der Waals surface area contributed by atoms with Crippen LogP contribution in [0, 0.1) is 5.82 Å². The van der Waals surface area contributed by atoms with Crippen molar-refractivity contribution < 1.29 is 18.7 Å². The molecule has 8 heteroatoms. The lowest BCUT2D eigenvalue weighted by Crippen LogP contribution is -2.41. The second-order valence-corrected chi connectivity index (χ2v) is 15.6. The zero-order valence-corrected chi connectivity index (χ0v) is 35.5. The van der Waals surface area contributed by atoms with Gasteiger partial charge in [0.15, 0.2) is 11.5 Å². The molecule has 5 aromatic rings. The molecular weight excluding hydrogens is 754 g/mol. The molecule has 6 rings (SSSR count). The number of aryl methyl sites for hydroxylation is 2. The molecule has 1 heterocycles. The number of hydrogen-bond donors (Lipinski definition) is 1. The molecule has 0 bridgehead atoms. The van der Waals surface area contributed by atoms with Gasteiger partial charge in [-0.05, 0) is 110 Å². The number of fused-ring (bicyclic) bond motifs is 1. The smallest absolute Gasteiger partial charge is 0.161 e. The van der Waals surface area contributed by atoms with Gasteiger partial charge >= 0.3 is 0 Å². The molecule has 1 N–H and O–H groups in total. The van der Waals surface area contributed by atoms with Crippen molar-refractivity contribution in [3.8, 4) is 11.5 Å². The van der Waals surface area contributed by atoms with Crippen LogP contribution in [-0.2, 0) is 28.5 Å². The number of methoxy groups -OCH3 is 2. The van der Waals surface area contributed by atoms with Crippen molar-refractivity contribution in [3.05, 3.63) is 149 Å². The summed E-state index contributed by atoms with van der Waals surface area (Å²) in [5.74, 6) is 1.40. The largest absolute Gasteiger partial charge is 0.493 e. The van der Waals surface area contributed by atoms with Crippen molar-refractivity contribution in [2.24, 2.45) is 0 Å². The van der Waals surface area contributed by atoms with E-state index < -0.39 is 0 Å². The van der Waals surface area contributed by atoms with E-state index in [2.05, 4.69) is 110 Å². The number of rotatable bonds is 19. The van der Waals surface area contributed by atoms with Gasteiger partial charge < -0.3 is 14.8 Å². The molecule has 4 aromatic carbocycles. The van der Waals surface area contributed by atoms with Gasteiger partial charge in [0.1, 0.15) is 11.6 Å². The third-order valence-electron chi connectivity index (χ3n) is 11.5. The normalized spacial score (nSPS) is 15.2. The van der Waals surface area contributed by atoms with Gasteiger partial charge in [0.05, 0.1) is 19.9 Å². The number of nitrogens with zero attached hydrogens (tertiary/aromatic N) is 1. The Morgan fingerprint density at radius 2 is 1.46 bits per heavy atom. The molecule has 0 fully saturated rings. The number of Topliss-reactive ketones (excluding diaryl/α,β-unsaturated/α-hetero) is 1. The Bertz CT molecular complexity index is 2000. The SMILES string of the molecule is COc1cc2cc(C3(CNC(C)C)C=CCCC3)nc(CCCC(CCCC(=O)CCc3ccc(F)cc3)(c3ccccc3)c3ccccc3)c2cc1OC.Cl.Cl. The van der Waals surface area contributed by atoms with Crippen LogP contribution in [0.2, 0.25) is 0 Å². The molecule has 0 aliphatic heterocycles. The number of aromatic nitrogens is 1. The molecule has 57 heavy (non-hydrogen) atoms. The zero-order valence-electron chi connectivity index (χ0n) is 33.9. The third-order valence-corrected chi connectivity index (χ3v) is 11.5. The zero-order chi connectivity index (χ0) is 38.7. The predicted molar refractivity (Wildman–Crippen MR) is 237 cm³/mol. The minimum atomic E-state index is -0.289. The Morgan fingerprint density at radius 1 is 0.825 bits per heavy atom. The topological polar surface area (TPSA) is 60.5 Å². The van der Waals surface area contributed by atoms with Crippen LogP contribution in [0.15, 0.2) is 115 Å². The van der Waals surface area contributed by atoms with Gasteiger partial charge in [-0.1, -0.05) is 98.8 Å². The van der Waals surface area contributed by atoms with Crippen LogP contribution >= 0.6 is 24.8 Å². The summed E-state index contributed by atoms with van der Waals surface area (Å²) in [5.41, 5.74) is 5.21. The number of benzene rings is 4. The van der Waals surface area contributed by atoms with Crippen molar-refractivity contribution in [1.82, 2.24) is 10.3 Å². The summed E-state index contributed by atoms with van der Waals surface area (Å²) >= 11 is 0. The van der Waals surface area contributed by atoms with E-state index in [1.807, 2.05) is 0 Å². The summed E-state index contributed by atoms with van der Waals surface area (Å²) in [7, 11) is 3.38. The van der Waals surface area contributed by atoms with E-state index in [0.717, 1.165) is 85.6 Å². The summed E-state index contributed by atoms with van der Waals surface area (Å²) in [6, 6.07) is 34.9. The van der Waals surface area contributed by atoms with Crippen LogP contribution in [-0.4, -0.2) is 37.6 Å². The van der Waals surface area contributed by atoms with Gasteiger partial charge in [0.2, 0.25) is 0 Å². The fourth-order valence-electron chi connectivity index (χ4n) is 8.45. The first-order valence-corrected chi connectivity index (χ1v) is 20.1. The van der Waals surface area contributed by atoms with E-state index in [1.54, 1.807) is 26.4 Å². The first-order valence-electron chi connectivity index (χ1n) is 20.1. The first kappa shape index (κ1) is 45.5. The number of ether oxygens (including phenoxy) is 2. The number of halogens is 3. The van der Waals surface area contributed by atoms with Crippen LogP contribution in [0.4, 0.5) is 4.39 Å². The van der Waals surface area contributed by atoms with E-state index >= 15 is 0 Å². The molecule has 0 saturated heterocycles. The van der Waals surface area contributed by atoms with Crippen molar-refractivity contribution in [3.63, 3.8) is 0 Å². The first-order chi connectivity index (χ1) is 26.7. The van der Waals surface area contributed by atoms with Crippen molar-refractivity contribution in [1.29, 1.82) is 0 Å². The predicted octanol–water partition coefficient (Wildman–Crippen LogP) is 11.9. The summed E-state index contributed by atoms with van der Waals surface area (Å²) in [6.45, 7) is 5.23. The maximum absolute atomic E-state index is 13.4. The van der Waals surface area contributed by atoms with E-state index in [-0.39, 0.29) is 47.2 Å². The number of hydrogen-bond acceptors (Lipinski definition) is 5. The van der Waals surface area contributed by atoms with Crippen molar-refractivity contribution in [2.45, 2.75) is 101 Å². The van der Waals surface area contributed by atoms with Crippen LogP contribution in [0.3, 0.4) is 0 Å². The Balaban J connectivity index is 0.00000360. The molecule has 1 aromatic heterocycles. The van der Waals surface area contributed by atoms with Crippen LogP contribution in [0.1, 0.15) is 99.7 Å². The molecule has 0 radical (unpaired) electrons. The highest BCUT2D eigenvalue weighted by Gasteiger charge is 2.35. The molecule has 1 aliphatic carbocycles. The summed E-state index contributed by atoms with van der Waals surface area (Å²) in [4.78, 5) is 18.8. The fraction of sp³-hybridized carbons (Fsp3) is 0.388. The lowest BCUT2D eigenvalue weighted by atomic mass is 9.68. The van der Waals surface area contributed by atoms with E-state index in [9.17, 15) is 9.18 Å². The minimum Gasteiger partial charge on any atom is -0.493 e. The van der Waals surface area contributed by atoms with Gasteiger partial charge in [-0.2, -0.15) is 0 Å². The van der Waals surface area contributed by atoms with Gasteiger partial charge in [-0.25, -0.2) is 4.39 Å². The average Bonchev–Trinajstić information content (AvgIpc) is 3.22. The number of allylic oxidation sites excluding steroid dienone is 1. The maximum Gasteiger partial charge on any atom is 0.161 e. The number of carbonyl (C=O) groups excluding carboxylic acids is 1. The molecule has 5 nitrogen and oxygen atoms in total. The average molecular weight is 814 g/mol. The minimum absolute atomic E-state index is 0. The molecule has 0 spiro atoms. The third kappa shape index (κ3) is 11.2. The van der Waals surface area contributed by atoms with Crippen LogP contribution in [0.5, 0.6) is 11.5 Å². The standard InChI is InChI=1S/C49H57FN2O3.2ClH/c1-36(2)51-35-48(28-12-7-13-29-48)47-33-38-32-45(54-3)46(55-4)34-43(38)44(52-47)21-15-31-49(39-16-8-5-9-17-39,40-18-10-6-11-19-40)30-14-20-42(53)27-24-37-22-25-41(50)26-23-37;;/h5-6,8-12,16-19,22-23,25-26,28,32-34,36,51H,7,13-15,20-21,24,27,29-31,35H2,1-4H3;2*1H. The van der Waals surface area contributed by atoms with Gasteiger partial charge in [-0.3, -0.25) is 9.78 Å². The van der Waals surface area contributed by atoms with E-state index in [4.69, 9.17) is 14.5 Å². The lowest BCUT2D eigenvalue weighted by molar-refractivity contribution is -0.119. The highest BCUT2D eigenvalue weighted by molar-refractivity contribution is 5.89. The lowest BCUT2D eigenvalue weighted by Gasteiger charge is -2.36. The molecule has 1 unspecified atom stereocenters. The Morgan fingerprint density at radius 3 is 2.05 bits per heavy atom. The fourth-order valence-corrected chi connectivity index (χ4v) is 8.45. The molecule has 0 amide bonds. The second kappa shape index (κ2) is 21.5. The Hall–Kier alpha value is -4.23. The monoisotopic (exact) mass is 812 g/mol. The molecule has 0 saturated carbocycles. The van der Waals surface area contributed by atoms with Crippen LogP contribution < -0.4 is 14.8 Å². The number of nitrogens with one attached hydrogen (secondary N) is 1. The number of carbonyl (C=O) groups is 1. The van der Waals surface area contributed by atoms with E-state index in [0.29, 0.717) is 36.8 Å². The quantitative estimate of drug-likeness (QED) is 0.0842. The van der Waals surface area contributed by atoms with Gasteiger partial charge in [0, 0.05) is 47.3 Å². The summed E-state index contributed by atoms with van der Waals surface area (Å²) in [6.07, 6.45) is 13.8. The number of ketones is 1. The summed E-state index contributed by atoms with van der Waals surface area (Å²) < 4.78 is 25.0. The van der Waals surface area contributed by atoms with Gasteiger partial charge in [0.25, 0.3) is 0 Å². The van der Waals surface area contributed by atoms with E-state index in [1.165, 1.54) is 23.3 Å². The molecule has 304 valence electrons. The Labute approximate surface area is 351 Å². The van der Waals surface area contributed by atoms with Crippen molar-refractivity contribution >= 4 is 41.4 Å². The highest BCUT2D eigenvalue weighted by Crippen LogP contribution is 2.43. The summed E-state index contributed by atoms with van der Waals surface area (Å²) in [5, 5.41) is 5.93. The number of pyridine rings is 1. The Kier molecular flexibility index (Phi) is 17.2. The van der Waals surface area contributed by atoms with Crippen LogP contribution in [0.25, 0.3) is 10.8 Å². The van der Waals surface area contributed by atoms with Gasteiger partial charge in [-0.15, -0.1) is 24.8 Å². The highest BCUT2D eigenvalue weighted by atomic mass is 35.5.